The topological polar surface area (TPSA) is 65.5 Å². The first-order valence-corrected chi connectivity index (χ1v) is 9.44. The summed E-state index contributed by atoms with van der Waals surface area (Å²) in [7, 11) is -2.10. The summed E-state index contributed by atoms with van der Waals surface area (Å²) >= 11 is 0. The van der Waals surface area contributed by atoms with Crippen molar-refractivity contribution in [1.82, 2.24) is 9.71 Å². The predicted octanol–water partition coefficient (Wildman–Crippen LogP) is 1.62. The Hall–Kier alpha value is -2.12. The number of aryl methyl sites for hydroxylation is 1. The second-order valence-electron chi connectivity index (χ2n) is 5.86. The van der Waals surface area contributed by atoms with E-state index in [4.69, 9.17) is 0 Å². The van der Waals surface area contributed by atoms with Crippen LogP contribution in [0.4, 0.5) is 11.4 Å². The Bertz CT molecular complexity index is 798. The molecule has 0 saturated carbocycles. The number of rotatable bonds is 4. The SMILES string of the molecule is CNS(=O)(=O)c1cnccc1N1CCN(c2ccc(C)cc2)CC1. The van der Waals surface area contributed by atoms with Gasteiger partial charge in [0.2, 0.25) is 10.0 Å². The summed E-state index contributed by atoms with van der Waals surface area (Å²) < 4.78 is 26.8. The van der Waals surface area contributed by atoms with Gasteiger partial charge in [-0.15, -0.1) is 0 Å². The van der Waals surface area contributed by atoms with Crippen LogP contribution in [0.25, 0.3) is 0 Å². The minimum Gasteiger partial charge on any atom is -0.368 e. The monoisotopic (exact) mass is 346 g/mol. The van der Waals surface area contributed by atoms with E-state index in [0.29, 0.717) is 5.69 Å². The Kier molecular flexibility index (Phi) is 4.73. The van der Waals surface area contributed by atoms with Crippen LogP contribution in [0.15, 0.2) is 47.6 Å². The highest BCUT2D eigenvalue weighted by atomic mass is 32.2. The molecule has 1 aromatic carbocycles. The van der Waals surface area contributed by atoms with Crippen molar-refractivity contribution in [3.05, 3.63) is 48.3 Å². The summed E-state index contributed by atoms with van der Waals surface area (Å²) in [5.41, 5.74) is 3.16. The summed E-state index contributed by atoms with van der Waals surface area (Å²) in [6, 6.07) is 10.3. The highest BCUT2D eigenvalue weighted by molar-refractivity contribution is 7.89. The Balaban J connectivity index is 1.77. The lowest BCUT2D eigenvalue weighted by Crippen LogP contribution is -2.47. The molecule has 1 saturated heterocycles. The number of pyridine rings is 1. The number of piperazine rings is 1. The molecule has 1 fully saturated rings. The van der Waals surface area contributed by atoms with Gasteiger partial charge in [0, 0.05) is 44.3 Å². The van der Waals surface area contributed by atoms with Gasteiger partial charge in [-0.1, -0.05) is 17.7 Å². The molecule has 1 aliphatic rings. The summed E-state index contributed by atoms with van der Waals surface area (Å²) in [6.07, 6.45) is 3.05. The summed E-state index contributed by atoms with van der Waals surface area (Å²) in [4.78, 5) is 8.63. The number of nitrogens with zero attached hydrogens (tertiary/aromatic N) is 3. The zero-order valence-corrected chi connectivity index (χ0v) is 14.8. The molecule has 0 aliphatic carbocycles. The van der Waals surface area contributed by atoms with Crippen molar-refractivity contribution in [2.24, 2.45) is 0 Å². The van der Waals surface area contributed by atoms with Crippen molar-refractivity contribution < 1.29 is 8.42 Å². The largest absolute Gasteiger partial charge is 0.368 e. The van der Waals surface area contributed by atoms with Crippen molar-refractivity contribution in [1.29, 1.82) is 0 Å². The molecule has 0 bridgehead atoms. The van der Waals surface area contributed by atoms with Gasteiger partial charge in [-0.3, -0.25) is 4.98 Å². The van der Waals surface area contributed by atoms with E-state index in [-0.39, 0.29) is 4.90 Å². The van der Waals surface area contributed by atoms with Crippen molar-refractivity contribution >= 4 is 21.4 Å². The Morgan fingerprint density at radius 3 is 2.25 bits per heavy atom. The Morgan fingerprint density at radius 2 is 1.62 bits per heavy atom. The molecule has 6 nitrogen and oxygen atoms in total. The molecule has 1 aliphatic heterocycles. The molecular formula is C17H22N4O2S. The third kappa shape index (κ3) is 3.37. The minimum absolute atomic E-state index is 0.233. The van der Waals surface area contributed by atoms with E-state index < -0.39 is 10.0 Å². The first-order chi connectivity index (χ1) is 11.5. The van der Waals surface area contributed by atoms with E-state index in [1.807, 2.05) is 0 Å². The fourth-order valence-electron chi connectivity index (χ4n) is 2.91. The van der Waals surface area contributed by atoms with Crippen LogP contribution < -0.4 is 14.5 Å². The van der Waals surface area contributed by atoms with Crippen LogP contribution in [0.1, 0.15) is 5.56 Å². The summed E-state index contributed by atoms with van der Waals surface area (Å²) in [5, 5.41) is 0. The van der Waals surface area contributed by atoms with Crippen LogP contribution in [0, 0.1) is 6.92 Å². The molecular weight excluding hydrogens is 324 g/mol. The molecule has 2 heterocycles. The van der Waals surface area contributed by atoms with Gasteiger partial charge in [0.25, 0.3) is 0 Å². The summed E-state index contributed by atoms with van der Waals surface area (Å²) in [6.45, 7) is 5.32. The highest BCUT2D eigenvalue weighted by Gasteiger charge is 2.24. The van der Waals surface area contributed by atoms with Gasteiger partial charge >= 0.3 is 0 Å². The number of anilines is 2. The lowest BCUT2D eigenvalue weighted by Gasteiger charge is -2.38. The molecule has 24 heavy (non-hydrogen) atoms. The Morgan fingerprint density at radius 1 is 1.00 bits per heavy atom. The zero-order chi connectivity index (χ0) is 17.2. The predicted molar refractivity (Wildman–Crippen MR) is 96.1 cm³/mol. The average molecular weight is 346 g/mol. The molecule has 0 amide bonds. The third-order valence-corrected chi connectivity index (χ3v) is 5.77. The number of hydrogen-bond donors (Lipinski definition) is 1. The molecule has 1 N–H and O–H groups in total. The highest BCUT2D eigenvalue weighted by Crippen LogP contribution is 2.26. The van der Waals surface area contributed by atoms with Crippen LogP contribution in [-0.2, 0) is 10.0 Å². The number of benzene rings is 1. The normalized spacial score (nSPS) is 15.6. The van der Waals surface area contributed by atoms with E-state index in [2.05, 4.69) is 50.7 Å². The molecule has 0 spiro atoms. The number of hydrogen-bond acceptors (Lipinski definition) is 5. The molecule has 1 aromatic heterocycles. The zero-order valence-electron chi connectivity index (χ0n) is 13.9. The first-order valence-electron chi connectivity index (χ1n) is 7.95. The minimum atomic E-state index is -3.52. The maximum atomic E-state index is 12.2. The van der Waals surface area contributed by atoms with Gasteiger partial charge in [0.05, 0.1) is 5.69 Å². The van der Waals surface area contributed by atoms with Crippen LogP contribution in [0.5, 0.6) is 0 Å². The molecule has 128 valence electrons. The third-order valence-electron chi connectivity index (χ3n) is 4.34. The van der Waals surface area contributed by atoms with E-state index in [1.54, 1.807) is 12.3 Å². The van der Waals surface area contributed by atoms with Crippen molar-refractivity contribution in [2.75, 3.05) is 43.0 Å². The molecule has 0 atom stereocenters. The van der Waals surface area contributed by atoms with Gasteiger partial charge in [-0.2, -0.15) is 0 Å². The number of aromatic nitrogens is 1. The van der Waals surface area contributed by atoms with Gasteiger partial charge in [-0.25, -0.2) is 13.1 Å². The van der Waals surface area contributed by atoms with Gasteiger partial charge in [0.1, 0.15) is 4.90 Å². The van der Waals surface area contributed by atoms with E-state index in [1.165, 1.54) is 24.5 Å². The smallest absolute Gasteiger partial charge is 0.243 e. The second-order valence-corrected chi connectivity index (χ2v) is 7.72. The van der Waals surface area contributed by atoms with Crippen LogP contribution >= 0.6 is 0 Å². The lowest BCUT2D eigenvalue weighted by atomic mass is 10.2. The average Bonchev–Trinajstić information content (AvgIpc) is 2.62. The quantitative estimate of drug-likeness (QED) is 0.911. The van der Waals surface area contributed by atoms with E-state index in [0.717, 1.165) is 26.2 Å². The Labute approximate surface area is 143 Å². The molecule has 7 heteroatoms. The van der Waals surface area contributed by atoms with Gasteiger partial charge in [-0.05, 0) is 32.2 Å². The van der Waals surface area contributed by atoms with Crippen LogP contribution in [0.3, 0.4) is 0 Å². The van der Waals surface area contributed by atoms with Gasteiger partial charge in [0.15, 0.2) is 0 Å². The van der Waals surface area contributed by atoms with Crippen LogP contribution in [0.2, 0.25) is 0 Å². The second kappa shape index (κ2) is 6.78. The fraction of sp³-hybridized carbons (Fsp3) is 0.353. The van der Waals surface area contributed by atoms with Crippen molar-refractivity contribution in [2.45, 2.75) is 11.8 Å². The molecule has 0 unspecified atom stereocenters. The van der Waals surface area contributed by atoms with Crippen LogP contribution in [-0.4, -0.2) is 46.6 Å². The molecule has 0 radical (unpaired) electrons. The van der Waals surface area contributed by atoms with Crippen molar-refractivity contribution in [3.63, 3.8) is 0 Å². The maximum Gasteiger partial charge on any atom is 0.243 e. The molecule has 2 aromatic rings. The first kappa shape index (κ1) is 16.7. The van der Waals surface area contributed by atoms with E-state index >= 15 is 0 Å². The standard InChI is InChI=1S/C17H22N4O2S/c1-14-3-5-15(6-4-14)20-9-11-21(12-10-20)16-7-8-19-13-17(16)24(22,23)18-2/h3-8,13,18H,9-12H2,1-2H3. The number of sulfonamides is 1. The summed E-state index contributed by atoms with van der Waals surface area (Å²) in [5.74, 6) is 0. The molecule has 3 rings (SSSR count). The van der Waals surface area contributed by atoms with Crippen molar-refractivity contribution in [3.8, 4) is 0 Å². The van der Waals surface area contributed by atoms with Gasteiger partial charge < -0.3 is 9.80 Å². The fourth-order valence-corrected chi connectivity index (χ4v) is 3.80. The van der Waals surface area contributed by atoms with E-state index in [9.17, 15) is 8.42 Å². The number of nitrogens with one attached hydrogen (secondary N) is 1. The lowest BCUT2D eigenvalue weighted by molar-refractivity contribution is 0.586. The maximum absolute atomic E-state index is 12.2.